The smallest absolute Gasteiger partial charge is 0.387 e. The van der Waals surface area contributed by atoms with Crippen molar-refractivity contribution in [2.45, 2.75) is 6.61 Å². The van der Waals surface area contributed by atoms with Gasteiger partial charge in [0.2, 0.25) is 0 Å². The average Bonchev–Trinajstić information content (AvgIpc) is 2.37. The molecule has 0 fully saturated rings. The molecule has 0 unspecified atom stereocenters. The first-order chi connectivity index (χ1) is 9.38. The summed E-state index contributed by atoms with van der Waals surface area (Å²) >= 11 is 17.6. The van der Waals surface area contributed by atoms with Gasteiger partial charge in [0.1, 0.15) is 0 Å². The van der Waals surface area contributed by atoms with E-state index in [1.165, 1.54) is 18.2 Å². The van der Waals surface area contributed by atoms with Crippen molar-refractivity contribution in [3.63, 3.8) is 0 Å². The van der Waals surface area contributed by atoms with Crippen LogP contribution in [0.2, 0.25) is 15.1 Å². The molecule has 0 aliphatic carbocycles. The van der Waals surface area contributed by atoms with Crippen molar-refractivity contribution in [3.8, 4) is 16.9 Å². The van der Waals surface area contributed by atoms with Gasteiger partial charge in [-0.3, -0.25) is 0 Å². The van der Waals surface area contributed by atoms with Crippen molar-refractivity contribution >= 4 is 34.8 Å². The molecule has 0 aliphatic rings. The highest BCUT2D eigenvalue weighted by Crippen LogP contribution is 2.36. The van der Waals surface area contributed by atoms with E-state index in [1.807, 2.05) is 0 Å². The maximum absolute atomic E-state index is 13.6. The lowest BCUT2D eigenvalue weighted by molar-refractivity contribution is -0.0521. The third-order valence-electron chi connectivity index (χ3n) is 2.47. The van der Waals surface area contributed by atoms with Gasteiger partial charge in [0, 0.05) is 0 Å². The summed E-state index contributed by atoms with van der Waals surface area (Å²) in [5, 5.41) is 0.611. The van der Waals surface area contributed by atoms with E-state index in [0.717, 1.165) is 12.1 Å². The molecule has 0 heterocycles. The van der Waals surface area contributed by atoms with Gasteiger partial charge in [-0.25, -0.2) is 4.39 Å². The molecule has 2 rings (SSSR count). The number of benzene rings is 2. The largest absolute Gasteiger partial charge is 0.432 e. The molecule has 0 spiro atoms. The summed E-state index contributed by atoms with van der Waals surface area (Å²) in [6.07, 6.45) is 0. The predicted octanol–water partition coefficient (Wildman–Crippen LogP) is 6.05. The van der Waals surface area contributed by atoms with Crippen molar-refractivity contribution in [2.75, 3.05) is 0 Å². The fourth-order valence-electron chi connectivity index (χ4n) is 1.59. The van der Waals surface area contributed by atoms with E-state index in [4.69, 9.17) is 34.8 Å². The van der Waals surface area contributed by atoms with Gasteiger partial charge < -0.3 is 4.74 Å². The second kappa shape index (κ2) is 6.12. The van der Waals surface area contributed by atoms with E-state index in [1.54, 1.807) is 0 Å². The molecule has 0 saturated carbocycles. The minimum atomic E-state index is -3.09. The van der Waals surface area contributed by atoms with Crippen molar-refractivity contribution < 1.29 is 17.9 Å². The number of halogens is 6. The van der Waals surface area contributed by atoms with Crippen LogP contribution in [0, 0.1) is 5.82 Å². The Morgan fingerprint density at radius 1 is 0.900 bits per heavy atom. The molecule has 106 valence electrons. The third-order valence-corrected chi connectivity index (χ3v) is 3.66. The Morgan fingerprint density at radius 2 is 1.50 bits per heavy atom. The standard InChI is InChI=1S/C13H6Cl3F3O/c14-8-3-7(4-9(15)12(8)16)6-1-2-11(10(17)5-6)20-13(18)19/h1-5,13H. The Morgan fingerprint density at radius 3 is 2.00 bits per heavy atom. The zero-order valence-corrected chi connectivity index (χ0v) is 11.9. The fraction of sp³-hybridized carbons (Fsp3) is 0.0769. The summed E-state index contributed by atoms with van der Waals surface area (Å²) in [6.45, 7) is -3.09. The predicted molar refractivity (Wildman–Crippen MR) is 73.5 cm³/mol. The third kappa shape index (κ3) is 3.32. The number of hydrogen-bond acceptors (Lipinski definition) is 1. The summed E-state index contributed by atoms with van der Waals surface area (Å²) in [4.78, 5) is 0. The zero-order chi connectivity index (χ0) is 14.9. The lowest BCUT2D eigenvalue weighted by Gasteiger charge is -2.09. The lowest BCUT2D eigenvalue weighted by atomic mass is 10.1. The molecule has 0 atom stereocenters. The number of alkyl halides is 2. The van der Waals surface area contributed by atoms with E-state index in [2.05, 4.69) is 4.74 Å². The lowest BCUT2D eigenvalue weighted by Crippen LogP contribution is -2.03. The van der Waals surface area contributed by atoms with Crippen LogP contribution in [-0.4, -0.2) is 6.61 Å². The Hall–Kier alpha value is -1.10. The second-order valence-corrected chi connectivity index (χ2v) is 4.97. The Balaban J connectivity index is 2.41. The van der Waals surface area contributed by atoms with Gasteiger partial charge in [-0.15, -0.1) is 0 Å². The topological polar surface area (TPSA) is 9.23 Å². The van der Waals surface area contributed by atoms with Crippen molar-refractivity contribution in [1.29, 1.82) is 0 Å². The van der Waals surface area contributed by atoms with Gasteiger partial charge in [-0.2, -0.15) is 8.78 Å². The van der Waals surface area contributed by atoms with Gasteiger partial charge in [-0.1, -0.05) is 40.9 Å². The summed E-state index contributed by atoms with van der Waals surface area (Å²) in [5.74, 6) is -1.44. The minimum absolute atomic E-state index is 0.190. The Labute approximate surface area is 127 Å². The fourth-order valence-corrected chi connectivity index (χ4v) is 2.19. The molecule has 0 aliphatic heterocycles. The van der Waals surface area contributed by atoms with Gasteiger partial charge in [-0.05, 0) is 35.4 Å². The average molecular weight is 342 g/mol. The monoisotopic (exact) mass is 340 g/mol. The van der Waals surface area contributed by atoms with Gasteiger partial charge >= 0.3 is 6.61 Å². The molecule has 0 bridgehead atoms. The van der Waals surface area contributed by atoms with Crippen LogP contribution in [-0.2, 0) is 0 Å². The summed E-state index contributed by atoms with van der Waals surface area (Å²) in [7, 11) is 0. The van der Waals surface area contributed by atoms with Crippen LogP contribution in [0.3, 0.4) is 0 Å². The van der Waals surface area contributed by atoms with E-state index in [9.17, 15) is 13.2 Å². The van der Waals surface area contributed by atoms with E-state index in [0.29, 0.717) is 11.1 Å². The van der Waals surface area contributed by atoms with Gasteiger partial charge in [0.05, 0.1) is 15.1 Å². The van der Waals surface area contributed by atoms with E-state index in [-0.39, 0.29) is 15.1 Å². The zero-order valence-electron chi connectivity index (χ0n) is 9.64. The molecular weight excluding hydrogens is 335 g/mol. The molecule has 0 saturated heterocycles. The second-order valence-electron chi connectivity index (χ2n) is 3.78. The van der Waals surface area contributed by atoms with E-state index >= 15 is 0 Å². The molecule has 1 nitrogen and oxygen atoms in total. The Bertz CT molecular complexity index is 624. The molecular formula is C13H6Cl3F3O. The van der Waals surface area contributed by atoms with Crippen molar-refractivity contribution in [3.05, 3.63) is 51.2 Å². The van der Waals surface area contributed by atoms with Crippen LogP contribution in [0.5, 0.6) is 5.75 Å². The summed E-state index contributed by atoms with van der Waals surface area (Å²) in [5.41, 5.74) is 0.913. The number of rotatable bonds is 3. The Kier molecular flexibility index (Phi) is 4.68. The maximum atomic E-state index is 13.6. The molecule has 2 aromatic carbocycles. The van der Waals surface area contributed by atoms with Gasteiger partial charge in [0.25, 0.3) is 0 Å². The molecule has 0 N–H and O–H groups in total. The first-order valence-corrected chi connectivity index (χ1v) is 6.41. The molecule has 0 aromatic heterocycles. The quantitative estimate of drug-likeness (QED) is 0.617. The molecule has 0 amide bonds. The number of hydrogen-bond donors (Lipinski definition) is 0. The van der Waals surface area contributed by atoms with Crippen LogP contribution >= 0.6 is 34.8 Å². The van der Waals surface area contributed by atoms with Crippen LogP contribution < -0.4 is 4.74 Å². The highest BCUT2D eigenvalue weighted by molar-refractivity contribution is 6.48. The van der Waals surface area contributed by atoms with Crippen LogP contribution in [0.4, 0.5) is 13.2 Å². The molecule has 20 heavy (non-hydrogen) atoms. The highest BCUT2D eigenvalue weighted by atomic mass is 35.5. The van der Waals surface area contributed by atoms with Crippen LogP contribution in [0.25, 0.3) is 11.1 Å². The maximum Gasteiger partial charge on any atom is 0.387 e. The van der Waals surface area contributed by atoms with Crippen LogP contribution in [0.15, 0.2) is 30.3 Å². The van der Waals surface area contributed by atoms with Crippen molar-refractivity contribution in [1.82, 2.24) is 0 Å². The molecule has 2 aromatic rings. The van der Waals surface area contributed by atoms with Crippen LogP contribution in [0.1, 0.15) is 0 Å². The first-order valence-electron chi connectivity index (χ1n) is 5.27. The van der Waals surface area contributed by atoms with E-state index < -0.39 is 18.2 Å². The number of ether oxygens (including phenoxy) is 1. The summed E-state index contributed by atoms with van der Waals surface area (Å²) in [6, 6.07) is 6.56. The summed E-state index contributed by atoms with van der Waals surface area (Å²) < 4.78 is 41.7. The SMILES string of the molecule is Fc1cc(-c2cc(Cl)c(Cl)c(Cl)c2)ccc1OC(F)F. The minimum Gasteiger partial charge on any atom is -0.432 e. The normalized spacial score (nSPS) is 10.9. The molecule has 7 heteroatoms. The molecule has 0 radical (unpaired) electrons. The first kappa shape index (κ1) is 15.3. The highest BCUT2D eigenvalue weighted by Gasteiger charge is 2.12. The van der Waals surface area contributed by atoms with Crippen molar-refractivity contribution in [2.24, 2.45) is 0 Å². The van der Waals surface area contributed by atoms with Gasteiger partial charge in [0.15, 0.2) is 11.6 Å².